The van der Waals surface area contributed by atoms with Gasteiger partial charge in [0.25, 0.3) is 5.56 Å². The number of amides is 1. The van der Waals surface area contributed by atoms with Crippen LogP contribution < -0.4 is 15.4 Å². The van der Waals surface area contributed by atoms with E-state index in [-0.39, 0.29) is 11.4 Å². The van der Waals surface area contributed by atoms with Crippen LogP contribution in [0.5, 0.6) is 0 Å². The van der Waals surface area contributed by atoms with Gasteiger partial charge in [-0.05, 0) is 44.3 Å². The van der Waals surface area contributed by atoms with E-state index in [1.807, 2.05) is 9.80 Å². The molecule has 0 aliphatic carbocycles. The third-order valence-corrected chi connectivity index (χ3v) is 7.73. The fourth-order valence-corrected chi connectivity index (χ4v) is 5.50. The highest BCUT2D eigenvalue weighted by Crippen LogP contribution is 2.30. The Hall–Kier alpha value is -3.86. The average molecular weight is 538 g/mol. The number of hydrogen-bond acceptors (Lipinski definition) is 7. The maximum atomic E-state index is 14.8. The number of aromatic nitrogens is 3. The molecule has 2 aliphatic rings. The lowest BCUT2D eigenvalue weighted by atomic mass is 10.1. The number of likely N-dealkylation sites (N-methyl/N-ethyl adjacent to an activating group) is 1. The molecule has 2 fully saturated rings. The predicted octanol–water partition coefficient (Wildman–Crippen LogP) is 2.73. The topological polar surface area (TPSA) is 77.8 Å². The first-order valence-corrected chi connectivity index (χ1v) is 13.3. The number of hydrogen-bond donors (Lipinski definition) is 0. The molecule has 9 nitrogen and oxygen atoms in total. The number of carbonyl (C=O) groups excluding carboxylic acids is 1. The second kappa shape index (κ2) is 10.7. The van der Waals surface area contributed by atoms with Gasteiger partial charge in [0.2, 0.25) is 11.9 Å². The molecule has 0 saturated carbocycles. The second-order valence-corrected chi connectivity index (χ2v) is 9.90. The summed E-state index contributed by atoms with van der Waals surface area (Å²) in [5.41, 5.74) is -0.579. The molecule has 3 aromatic rings. The van der Waals surface area contributed by atoms with Crippen molar-refractivity contribution in [3.05, 3.63) is 64.6 Å². The van der Waals surface area contributed by atoms with Gasteiger partial charge in [0.15, 0.2) is 0 Å². The first-order valence-electron chi connectivity index (χ1n) is 13.3. The van der Waals surface area contributed by atoms with E-state index < -0.39 is 22.9 Å². The Labute approximate surface area is 226 Å². The molecule has 4 heterocycles. The van der Waals surface area contributed by atoms with Gasteiger partial charge in [-0.25, -0.2) is 13.8 Å². The molecule has 0 bridgehead atoms. The van der Waals surface area contributed by atoms with Gasteiger partial charge in [-0.3, -0.25) is 19.1 Å². The number of fused-ring (bicyclic) bond motifs is 1. The van der Waals surface area contributed by atoms with Crippen molar-refractivity contribution in [2.75, 3.05) is 62.2 Å². The van der Waals surface area contributed by atoms with Crippen molar-refractivity contribution in [3.8, 4) is 5.69 Å². The van der Waals surface area contributed by atoms with Crippen LogP contribution in [0.15, 0.2) is 41.7 Å². The summed E-state index contributed by atoms with van der Waals surface area (Å²) in [5, 5.41) is 0.513. The summed E-state index contributed by atoms with van der Waals surface area (Å²) in [6.07, 6.45) is 1.30. The molecule has 2 aromatic heterocycles. The van der Waals surface area contributed by atoms with E-state index in [0.717, 1.165) is 42.9 Å². The quantitative estimate of drug-likeness (QED) is 0.429. The molecule has 2 aliphatic heterocycles. The number of anilines is 2. The minimum atomic E-state index is -0.832. The molecule has 0 N–H and O–H groups in total. The second-order valence-electron chi connectivity index (χ2n) is 9.90. The van der Waals surface area contributed by atoms with Crippen LogP contribution in [0.4, 0.5) is 20.5 Å². The summed E-state index contributed by atoms with van der Waals surface area (Å²) in [7, 11) is 0. The largest absolute Gasteiger partial charge is 0.352 e. The summed E-state index contributed by atoms with van der Waals surface area (Å²) in [6.45, 7) is 14.8. The highest BCUT2D eigenvalue weighted by atomic mass is 19.1. The Balaban J connectivity index is 1.62. The molecule has 0 atom stereocenters. The summed E-state index contributed by atoms with van der Waals surface area (Å²) in [6, 6.07) is 5.59. The van der Waals surface area contributed by atoms with Crippen LogP contribution in [-0.4, -0.2) is 88.6 Å². The van der Waals surface area contributed by atoms with Gasteiger partial charge in [0, 0.05) is 51.0 Å². The Kier molecular flexibility index (Phi) is 7.35. The van der Waals surface area contributed by atoms with E-state index in [0.29, 0.717) is 55.1 Å². The zero-order chi connectivity index (χ0) is 27.8. The van der Waals surface area contributed by atoms with Crippen LogP contribution >= 0.6 is 0 Å². The van der Waals surface area contributed by atoms with Crippen molar-refractivity contribution in [2.45, 2.75) is 26.8 Å². The molecule has 1 amide bonds. The highest BCUT2D eigenvalue weighted by Gasteiger charge is 2.34. The van der Waals surface area contributed by atoms with Crippen LogP contribution in [0.3, 0.4) is 0 Å². The molecule has 39 heavy (non-hydrogen) atoms. The number of pyridine rings is 1. The van der Waals surface area contributed by atoms with Crippen molar-refractivity contribution >= 4 is 28.6 Å². The minimum Gasteiger partial charge on any atom is -0.352 e. The average Bonchev–Trinajstić information content (AvgIpc) is 2.91. The zero-order valence-electron chi connectivity index (χ0n) is 22.5. The van der Waals surface area contributed by atoms with Crippen LogP contribution in [0, 0.1) is 18.6 Å². The molecule has 2 saturated heterocycles. The predicted molar refractivity (Wildman–Crippen MR) is 148 cm³/mol. The van der Waals surface area contributed by atoms with Gasteiger partial charge < -0.3 is 14.7 Å². The lowest BCUT2D eigenvalue weighted by molar-refractivity contribution is -0.126. The fraction of sp³-hybridized carbons (Fsp3) is 0.429. The van der Waals surface area contributed by atoms with Gasteiger partial charge in [0.05, 0.1) is 5.39 Å². The number of aryl methyl sites for hydroxylation is 1. The maximum absolute atomic E-state index is 14.8. The fourth-order valence-electron chi connectivity index (χ4n) is 5.50. The van der Waals surface area contributed by atoms with Crippen molar-refractivity contribution < 1.29 is 13.6 Å². The first kappa shape index (κ1) is 26.7. The number of halogens is 2. The Bertz CT molecular complexity index is 1450. The van der Waals surface area contributed by atoms with Crippen molar-refractivity contribution in [1.29, 1.82) is 0 Å². The molecular weight excluding hydrogens is 504 g/mol. The molecule has 1 aromatic carbocycles. The summed E-state index contributed by atoms with van der Waals surface area (Å²) in [4.78, 5) is 43.7. The van der Waals surface area contributed by atoms with Crippen LogP contribution in [0.1, 0.15) is 19.5 Å². The van der Waals surface area contributed by atoms with Crippen molar-refractivity contribution in [2.24, 2.45) is 0 Å². The number of piperazine rings is 1. The monoisotopic (exact) mass is 537 g/mol. The van der Waals surface area contributed by atoms with Crippen molar-refractivity contribution in [3.63, 3.8) is 0 Å². The SMILES string of the molecule is C=CC(=O)N1CCN(c2nc(N3CC(N(CC)CC)C3)nc3c(=O)n(-c4c(F)cccc4F)c(C)cc23)CC1. The Morgan fingerprint density at radius 3 is 2.31 bits per heavy atom. The van der Waals surface area contributed by atoms with Gasteiger partial charge >= 0.3 is 0 Å². The van der Waals surface area contributed by atoms with Gasteiger partial charge in [0.1, 0.15) is 28.7 Å². The van der Waals surface area contributed by atoms with E-state index in [9.17, 15) is 18.4 Å². The van der Waals surface area contributed by atoms with E-state index >= 15 is 0 Å². The van der Waals surface area contributed by atoms with Crippen LogP contribution in [0.25, 0.3) is 16.6 Å². The van der Waals surface area contributed by atoms with Gasteiger partial charge in [-0.2, -0.15) is 4.98 Å². The van der Waals surface area contributed by atoms with Crippen LogP contribution in [0.2, 0.25) is 0 Å². The standard InChI is InChI=1S/C28H33F2N7O2/c1-5-23(38)34-11-13-35(14-12-34)26-20-15-18(4)37(25-21(29)9-8-10-22(25)30)27(39)24(20)31-28(32-26)36-16-19(17-36)33(6-2)7-3/h5,8-10,15,19H,1,6-7,11-14,16-17H2,2-4H3. The first-order chi connectivity index (χ1) is 18.8. The number of nitrogens with zero attached hydrogens (tertiary/aromatic N) is 7. The lowest BCUT2D eigenvalue weighted by Crippen LogP contribution is -2.60. The third kappa shape index (κ3) is 4.75. The number of benzene rings is 1. The third-order valence-electron chi connectivity index (χ3n) is 7.73. The molecule has 5 rings (SSSR count). The minimum absolute atomic E-state index is 0.0964. The molecule has 206 valence electrons. The van der Waals surface area contributed by atoms with Gasteiger partial charge in [-0.1, -0.05) is 26.5 Å². The van der Waals surface area contributed by atoms with E-state index in [1.165, 1.54) is 12.1 Å². The maximum Gasteiger partial charge on any atom is 0.282 e. The molecule has 0 unspecified atom stereocenters. The van der Waals surface area contributed by atoms with E-state index in [2.05, 4.69) is 30.3 Å². The molecular formula is C28H33F2N7O2. The number of rotatable bonds is 7. The normalized spacial score (nSPS) is 16.2. The number of carbonyl (C=O) groups is 1. The highest BCUT2D eigenvalue weighted by molar-refractivity contribution is 5.91. The van der Waals surface area contributed by atoms with Crippen molar-refractivity contribution in [1.82, 2.24) is 24.3 Å². The van der Waals surface area contributed by atoms with E-state index in [1.54, 1.807) is 17.9 Å². The van der Waals surface area contributed by atoms with Gasteiger partial charge in [-0.15, -0.1) is 0 Å². The summed E-state index contributed by atoms with van der Waals surface area (Å²) < 4.78 is 30.6. The summed E-state index contributed by atoms with van der Waals surface area (Å²) >= 11 is 0. The summed E-state index contributed by atoms with van der Waals surface area (Å²) in [5.74, 6) is -0.805. The number of para-hydroxylation sites is 1. The molecule has 11 heteroatoms. The molecule has 0 spiro atoms. The molecule has 0 radical (unpaired) electrons. The van der Waals surface area contributed by atoms with E-state index in [4.69, 9.17) is 4.98 Å². The Morgan fingerprint density at radius 2 is 1.72 bits per heavy atom. The van der Waals surface area contributed by atoms with Crippen LogP contribution in [-0.2, 0) is 4.79 Å². The lowest BCUT2D eigenvalue weighted by Gasteiger charge is -2.45. The zero-order valence-corrected chi connectivity index (χ0v) is 22.5. The Morgan fingerprint density at radius 1 is 1.08 bits per heavy atom. The smallest absolute Gasteiger partial charge is 0.282 e.